The van der Waals surface area contributed by atoms with Gasteiger partial charge in [-0.2, -0.15) is 13.6 Å². The number of alkyl halides is 1. The van der Waals surface area contributed by atoms with Crippen LogP contribution < -0.4 is 11.4 Å². The summed E-state index contributed by atoms with van der Waals surface area (Å²) in [5.41, 5.74) is 4.25. The van der Waals surface area contributed by atoms with Gasteiger partial charge < -0.3 is 39.9 Å². The van der Waals surface area contributed by atoms with Gasteiger partial charge in [-0.05, 0) is 6.07 Å². The predicted octanol–water partition coefficient (Wildman–Crippen LogP) is -1.26. The molecule has 2 heterocycles. The van der Waals surface area contributed by atoms with Gasteiger partial charge in [0.05, 0.1) is 0 Å². The quantitative estimate of drug-likeness (QED) is 0.210. The maximum atomic E-state index is 14.6. The number of nitrogens with two attached hydrogens (primary N) is 1. The minimum atomic E-state index is -5.81. The number of hydrogen-bond acceptors (Lipinski definition) is 12. The lowest BCUT2D eigenvalue weighted by Gasteiger charge is -2.30. The van der Waals surface area contributed by atoms with Gasteiger partial charge in [-0.1, -0.05) is 0 Å². The van der Waals surface area contributed by atoms with E-state index in [0.717, 1.165) is 19.4 Å². The van der Waals surface area contributed by atoms with Crippen LogP contribution in [-0.2, 0) is 36.3 Å². The lowest BCUT2D eigenvalue weighted by atomic mass is 10.1. The summed E-state index contributed by atoms with van der Waals surface area (Å²) in [7, 11) is -16.2. The Labute approximate surface area is 171 Å². The van der Waals surface area contributed by atoms with Crippen LogP contribution in [0.5, 0.6) is 0 Å². The molecule has 0 aromatic carbocycles. The van der Waals surface area contributed by atoms with Crippen molar-refractivity contribution in [1.29, 1.82) is 0 Å². The second-order valence-electron chi connectivity index (χ2n) is 5.82. The Bertz CT molecular complexity index is 1020. The van der Waals surface area contributed by atoms with Crippen molar-refractivity contribution in [2.75, 3.05) is 19.5 Å². The molecule has 21 heteroatoms. The fourth-order valence-corrected chi connectivity index (χ4v) is 5.43. The van der Waals surface area contributed by atoms with Gasteiger partial charge in [-0.15, -0.1) is 0 Å². The SMILES string of the molecule is COC1(COP(=O)(O)OP(=O)(O)OP(=O)(O)O)OC(n2ccc(N)nc2=O)C(F)C1O. The molecule has 1 aliphatic rings. The zero-order valence-electron chi connectivity index (χ0n) is 15.2. The van der Waals surface area contributed by atoms with Gasteiger partial charge in [0.25, 0.3) is 0 Å². The first-order valence-corrected chi connectivity index (χ1v) is 12.2. The molecule has 178 valence electrons. The highest BCUT2D eigenvalue weighted by atomic mass is 31.3. The number of aromatic nitrogens is 2. The minimum Gasteiger partial charge on any atom is -0.384 e. The lowest BCUT2D eigenvalue weighted by molar-refractivity contribution is -0.267. The molecule has 1 aromatic heterocycles. The summed E-state index contributed by atoms with van der Waals surface area (Å²) in [5, 5.41) is 10.2. The molecule has 2 rings (SSSR count). The molecule has 0 saturated carbocycles. The summed E-state index contributed by atoms with van der Waals surface area (Å²) in [6.07, 6.45) is -5.48. The van der Waals surface area contributed by atoms with Crippen LogP contribution >= 0.6 is 23.5 Å². The summed E-state index contributed by atoms with van der Waals surface area (Å²) in [6.45, 7) is -1.33. The van der Waals surface area contributed by atoms with Crippen molar-refractivity contribution in [3.63, 3.8) is 0 Å². The van der Waals surface area contributed by atoms with E-state index in [1.165, 1.54) is 0 Å². The largest absolute Gasteiger partial charge is 0.490 e. The first-order valence-electron chi connectivity index (χ1n) is 7.69. The molecule has 6 atom stereocenters. The molecule has 6 unspecified atom stereocenters. The summed E-state index contributed by atoms with van der Waals surface area (Å²) in [6, 6.07) is 1.11. The van der Waals surface area contributed by atoms with Crippen molar-refractivity contribution in [3.8, 4) is 0 Å². The van der Waals surface area contributed by atoms with E-state index in [1.54, 1.807) is 0 Å². The average molecular weight is 515 g/mol. The maximum Gasteiger partial charge on any atom is 0.490 e. The summed E-state index contributed by atoms with van der Waals surface area (Å²) in [4.78, 5) is 50.8. The van der Waals surface area contributed by atoms with Crippen molar-refractivity contribution in [2.45, 2.75) is 24.3 Å². The second kappa shape index (κ2) is 9.03. The topological polar surface area (TPSA) is 259 Å². The molecular weight excluding hydrogens is 498 g/mol. The number of nitrogens with zero attached hydrogens (tertiary/aromatic N) is 2. The molecule has 0 bridgehead atoms. The van der Waals surface area contributed by atoms with Crippen LogP contribution in [0.15, 0.2) is 17.1 Å². The van der Waals surface area contributed by atoms with Gasteiger partial charge in [0.15, 0.2) is 12.4 Å². The standard InChI is InChI=1S/C10H17FN3O14P3/c1-24-10(4-25-30(20,21)28-31(22,23)27-29(17,18)19)7(15)6(11)8(26-10)14-3-2-5(12)13-9(14)16/h2-3,6-8,15H,4H2,1H3,(H,20,21)(H,22,23)(H2,12,13,16)(H2,17,18,19). The first-order chi connectivity index (χ1) is 14.0. The fourth-order valence-electron chi connectivity index (χ4n) is 2.39. The normalized spacial score (nSPS) is 30.6. The van der Waals surface area contributed by atoms with Crippen LogP contribution in [0, 0.1) is 0 Å². The smallest absolute Gasteiger partial charge is 0.384 e. The highest BCUT2D eigenvalue weighted by molar-refractivity contribution is 7.66. The van der Waals surface area contributed by atoms with E-state index in [0.29, 0.717) is 4.57 Å². The van der Waals surface area contributed by atoms with E-state index in [9.17, 15) is 32.9 Å². The molecule has 7 N–H and O–H groups in total. The monoisotopic (exact) mass is 515 g/mol. The number of anilines is 1. The molecule has 1 aromatic rings. The molecule has 0 radical (unpaired) electrons. The van der Waals surface area contributed by atoms with E-state index < -0.39 is 60.1 Å². The van der Waals surface area contributed by atoms with Crippen LogP contribution in [0.25, 0.3) is 0 Å². The van der Waals surface area contributed by atoms with Gasteiger partial charge in [0, 0.05) is 13.3 Å². The second-order valence-corrected chi connectivity index (χ2v) is 10.2. The van der Waals surface area contributed by atoms with Gasteiger partial charge in [0.2, 0.25) is 5.79 Å². The first kappa shape index (κ1) is 26.2. The molecular formula is C10H17FN3O14P3. The van der Waals surface area contributed by atoms with Crippen LogP contribution in [0.2, 0.25) is 0 Å². The van der Waals surface area contributed by atoms with Gasteiger partial charge in [-0.3, -0.25) is 9.09 Å². The third kappa shape index (κ3) is 6.46. The number of aliphatic hydroxyl groups is 1. The number of aliphatic hydroxyl groups excluding tert-OH is 1. The van der Waals surface area contributed by atoms with E-state index in [4.69, 9.17) is 29.9 Å². The van der Waals surface area contributed by atoms with Crippen LogP contribution in [0.4, 0.5) is 10.2 Å². The van der Waals surface area contributed by atoms with Gasteiger partial charge in [-0.25, -0.2) is 22.9 Å². The molecule has 31 heavy (non-hydrogen) atoms. The molecule has 1 fully saturated rings. The van der Waals surface area contributed by atoms with Crippen LogP contribution in [-0.4, -0.2) is 66.0 Å². The number of phosphoric ester groups is 1. The molecule has 0 spiro atoms. The Balaban J connectivity index is 2.20. The van der Waals surface area contributed by atoms with Gasteiger partial charge >= 0.3 is 29.2 Å². The van der Waals surface area contributed by atoms with Crippen molar-refractivity contribution in [2.24, 2.45) is 0 Å². The van der Waals surface area contributed by atoms with Crippen molar-refractivity contribution in [3.05, 3.63) is 22.7 Å². The Morgan fingerprint density at radius 1 is 1.26 bits per heavy atom. The number of methoxy groups -OCH3 is 1. The van der Waals surface area contributed by atoms with Crippen molar-refractivity contribution >= 4 is 29.3 Å². The average Bonchev–Trinajstić information content (AvgIpc) is 2.82. The number of rotatable bonds is 9. The highest BCUT2D eigenvalue weighted by Gasteiger charge is 2.58. The summed E-state index contributed by atoms with van der Waals surface area (Å²) in [5.74, 6) is -2.74. The number of nitrogen functional groups attached to an aromatic ring is 1. The summed E-state index contributed by atoms with van der Waals surface area (Å²) < 4.78 is 70.4. The number of hydrogen-bond donors (Lipinski definition) is 6. The molecule has 0 aliphatic carbocycles. The van der Waals surface area contributed by atoms with E-state index in [-0.39, 0.29) is 5.82 Å². The van der Waals surface area contributed by atoms with Gasteiger partial charge in [0.1, 0.15) is 18.5 Å². The minimum absolute atomic E-state index is 0.194. The lowest BCUT2D eigenvalue weighted by Crippen LogP contribution is -2.47. The third-order valence-electron chi connectivity index (χ3n) is 3.66. The Hall–Kier alpha value is -1.10. The van der Waals surface area contributed by atoms with Crippen LogP contribution in [0.3, 0.4) is 0 Å². The molecule has 0 amide bonds. The highest BCUT2D eigenvalue weighted by Crippen LogP contribution is 2.66. The van der Waals surface area contributed by atoms with E-state index in [1.807, 2.05) is 0 Å². The fraction of sp³-hybridized carbons (Fsp3) is 0.600. The molecule has 1 saturated heterocycles. The van der Waals surface area contributed by atoms with Crippen LogP contribution in [0.1, 0.15) is 6.23 Å². The zero-order chi connectivity index (χ0) is 23.8. The van der Waals surface area contributed by atoms with E-state index >= 15 is 0 Å². The number of ether oxygens (including phenoxy) is 2. The summed E-state index contributed by atoms with van der Waals surface area (Å²) >= 11 is 0. The van der Waals surface area contributed by atoms with E-state index in [2.05, 4.69) is 18.1 Å². The molecule has 1 aliphatic heterocycles. The predicted molar refractivity (Wildman–Crippen MR) is 93.5 cm³/mol. The zero-order valence-corrected chi connectivity index (χ0v) is 17.9. The molecule has 17 nitrogen and oxygen atoms in total. The number of phosphoric acid groups is 3. The Morgan fingerprint density at radius 3 is 2.39 bits per heavy atom. The Morgan fingerprint density at radius 2 is 1.87 bits per heavy atom. The van der Waals surface area contributed by atoms with Crippen molar-refractivity contribution in [1.82, 2.24) is 9.55 Å². The number of halogens is 1. The third-order valence-corrected chi connectivity index (χ3v) is 7.44. The van der Waals surface area contributed by atoms with Crippen molar-refractivity contribution < 1.29 is 65.4 Å². The Kier molecular flexibility index (Phi) is 7.62. The maximum absolute atomic E-state index is 14.6.